The number of nitrogens with zero attached hydrogens (tertiary/aromatic N) is 1. The summed E-state index contributed by atoms with van der Waals surface area (Å²) in [7, 11) is 2.17. The molecule has 3 nitrogen and oxygen atoms in total. The van der Waals surface area contributed by atoms with Crippen LogP contribution in [0.25, 0.3) is 0 Å². The first-order valence-corrected chi connectivity index (χ1v) is 6.84. The van der Waals surface area contributed by atoms with Crippen molar-refractivity contribution in [2.75, 3.05) is 25.9 Å². The van der Waals surface area contributed by atoms with Gasteiger partial charge in [0.25, 0.3) is 0 Å². The van der Waals surface area contributed by atoms with Crippen molar-refractivity contribution in [1.82, 2.24) is 4.90 Å². The lowest BCUT2D eigenvalue weighted by molar-refractivity contribution is 0.125. The Morgan fingerprint density at radius 3 is 3.00 bits per heavy atom. The van der Waals surface area contributed by atoms with Crippen LogP contribution in [0.2, 0.25) is 0 Å². The summed E-state index contributed by atoms with van der Waals surface area (Å²) in [6, 6.07) is 6.19. The molecule has 0 spiro atoms. The number of hydrogen-bond acceptors (Lipinski definition) is 3. The van der Waals surface area contributed by atoms with Crippen molar-refractivity contribution in [2.24, 2.45) is 0 Å². The van der Waals surface area contributed by atoms with Crippen LogP contribution in [0.1, 0.15) is 19.3 Å². The molecule has 1 aliphatic rings. The lowest BCUT2D eigenvalue weighted by Gasteiger charge is -2.32. The molecule has 1 aromatic carbocycles. The number of halogens is 1. The topological polar surface area (TPSA) is 38.5 Å². The third-order valence-corrected chi connectivity index (χ3v) is 3.93. The molecule has 2 N–H and O–H groups in total. The van der Waals surface area contributed by atoms with Gasteiger partial charge in [0, 0.05) is 11.7 Å². The third-order valence-electron chi connectivity index (χ3n) is 3.31. The maximum Gasteiger partial charge on any atom is 0.133 e. The molecule has 2 rings (SSSR count). The molecule has 1 aromatic rings. The van der Waals surface area contributed by atoms with Crippen molar-refractivity contribution in [1.29, 1.82) is 0 Å². The van der Waals surface area contributed by atoms with Gasteiger partial charge < -0.3 is 15.4 Å². The van der Waals surface area contributed by atoms with Gasteiger partial charge in [-0.1, -0.05) is 6.42 Å². The summed E-state index contributed by atoms with van der Waals surface area (Å²) in [5, 5.41) is 0. The Morgan fingerprint density at radius 1 is 1.47 bits per heavy atom. The molecule has 0 bridgehead atoms. The van der Waals surface area contributed by atoms with Gasteiger partial charge in [0.05, 0.1) is 4.47 Å². The first-order valence-electron chi connectivity index (χ1n) is 6.05. The Morgan fingerprint density at radius 2 is 2.29 bits per heavy atom. The molecule has 0 radical (unpaired) electrons. The van der Waals surface area contributed by atoms with Gasteiger partial charge in [0.15, 0.2) is 0 Å². The highest BCUT2D eigenvalue weighted by atomic mass is 79.9. The predicted molar refractivity (Wildman–Crippen MR) is 74.3 cm³/mol. The van der Waals surface area contributed by atoms with E-state index in [1.807, 2.05) is 18.2 Å². The molecule has 1 aliphatic heterocycles. The summed E-state index contributed by atoms with van der Waals surface area (Å²) >= 11 is 3.47. The van der Waals surface area contributed by atoms with Crippen molar-refractivity contribution in [3.8, 4) is 5.75 Å². The van der Waals surface area contributed by atoms with Gasteiger partial charge in [0.1, 0.15) is 12.4 Å². The number of rotatable bonds is 3. The molecule has 0 aromatic heterocycles. The number of benzene rings is 1. The van der Waals surface area contributed by atoms with Crippen molar-refractivity contribution < 1.29 is 4.74 Å². The van der Waals surface area contributed by atoms with Gasteiger partial charge in [-0.3, -0.25) is 0 Å². The van der Waals surface area contributed by atoms with Gasteiger partial charge in [-0.05, 0) is 60.6 Å². The number of likely N-dealkylation sites (N-methyl/N-ethyl adjacent to an activating group) is 1. The summed E-state index contributed by atoms with van der Waals surface area (Å²) in [6.45, 7) is 1.93. The second kappa shape index (κ2) is 5.74. The number of piperidine rings is 1. The standard InChI is InChI=1S/C13H19BrN2O/c1-16-7-3-2-4-11(16)9-17-13-6-5-10(15)8-12(13)14/h5-6,8,11H,2-4,7,9,15H2,1H3. The molecule has 1 fully saturated rings. The molecule has 94 valence electrons. The van der Waals surface area contributed by atoms with Crippen LogP contribution in [0.3, 0.4) is 0 Å². The summed E-state index contributed by atoms with van der Waals surface area (Å²) in [5.41, 5.74) is 6.44. The summed E-state index contributed by atoms with van der Waals surface area (Å²) < 4.78 is 6.78. The van der Waals surface area contributed by atoms with E-state index in [0.29, 0.717) is 6.04 Å². The number of ether oxygens (including phenoxy) is 1. The SMILES string of the molecule is CN1CCCCC1COc1ccc(N)cc1Br. The van der Waals surface area contributed by atoms with E-state index in [1.165, 1.54) is 25.8 Å². The summed E-state index contributed by atoms with van der Waals surface area (Å²) in [4.78, 5) is 2.38. The zero-order chi connectivity index (χ0) is 12.3. The fraction of sp³-hybridized carbons (Fsp3) is 0.538. The largest absolute Gasteiger partial charge is 0.491 e. The first kappa shape index (κ1) is 12.7. The van der Waals surface area contributed by atoms with E-state index < -0.39 is 0 Å². The smallest absolute Gasteiger partial charge is 0.133 e. The number of anilines is 1. The maximum absolute atomic E-state index is 5.86. The summed E-state index contributed by atoms with van der Waals surface area (Å²) in [5.74, 6) is 0.873. The molecular formula is C13H19BrN2O. The maximum atomic E-state index is 5.86. The molecule has 1 unspecified atom stereocenters. The Labute approximate surface area is 111 Å². The zero-order valence-corrected chi connectivity index (χ0v) is 11.7. The van der Waals surface area contributed by atoms with E-state index in [1.54, 1.807) is 0 Å². The van der Waals surface area contributed by atoms with Gasteiger partial charge in [-0.15, -0.1) is 0 Å². The predicted octanol–water partition coefficient (Wildman–Crippen LogP) is 2.89. The van der Waals surface area contributed by atoms with Crippen molar-refractivity contribution in [3.05, 3.63) is 22.7 Å². The molecule has 1 atom stereocenters. The second-order valence-corrected chi connectivity index (χ2v) is 5.49. The highest BCUT2D eigenvalue weighted by Gasteiger charge is 2.19. The Balaban J connectivity index is 1.92. The second-order valence-electron chi connectivity index (χ2n) is 4.63. The molecule has 0 amide bonds. The molecular weight excluding hydrogens is 280 g/mol. The molecule has 1 heterocycles. The van der Waals surface area contributed by atoms with E-state index >= 15 is 0 Å². The normalized spacial score (nSPS) is 21.4. The van der Waals surface area contributed by atoms with Crippen LogP contribution in [0.5, 0.6) is 5.75 Å². The van der Waals surface area contributed by atoms with Crippen LogP contribution in [-0.2, 0) is 0 Å². The number of nitrogen functional groups attached to an aromatic ring is 1. The number of likely N-dealkylation sites (tertiary alicyclic amines) is 1. The fourth-order valence-corrected chi connectivity index (χ4v) is 2.69. The van der Waals surface area contributed by atoms with Gasteiger partial charge in [0.2, 0.25) is 0 Å². The van der Waals surface area contributed by atoms with Gasteiger partial charge >= 0.3 is 0 Å². The summed E-state index contributed by atoms with van der Waals surface area (Å²) in [6.07, 6.45) is 3.84. The van der Waals surface area contributed by atoms with Crippen molar-refractivity contribution in [2.45, 2.75) is 25.3 Å². The minimum Gasteiger partial charge on any atom is -0.491 e. The lowest BCUT2D eigenvalue weighted by atomic mass is 10.0. The molecule has 4 heteroatoms. The van der Waals surface area contributed by atoms with E-state index in [-0.39, 0.29) is 0 Å². The first-order chi connectivity index (χ1) is 8.16. The van der Waals surface area contributed by atoms with Gasteiger partial charge in [-0.2, -0.15) is 0 Å². The molecule has 17 heavy (non-hydrogen) atoms. The fourth-order valence-electron chi connectivity index (χ4n) is 2.17. The average molecular weight is 299 g/mol. The Kier molecular flexibility index (Phi) is 4.29. The highest BCUT2D eigenvalue weighted by molar-refractivity contribution is 9.10. The van der Waals surface area contributed by atoms with Crippen LogP contribution in [0.15, 0.2) is 22.7 Å². The van der Waals surface area contributed by atoms with Crippen LogP contribution in [-0.4, -0.2) is 31.1 Å². The van der Waals surface area contributed by atoms with E-state index in [0.717, 1.165) is 22.5 Å². The van der Waals surface area contributed by atoms with Gasteiger partial charge in [-0.25, -0.2) is 0 Å². The zero-order valence-electron chi connectivity index (χ0n) is 10.2. The average Bonchev–Trinajstić information content (AvgIpc) is 2.30. The number of hydrogen-bond donors (Lipinski definition) is 1. The van der Waals surface area contributed by atoms with E-state index in [2.05, 4.69) is 27.9 Å². The van der Waals surface area contributed by atoms with Crippen molar-refractivity contribution in [3.63, 3.8) is 0 Å². The molecule has 0 saturated carbocycles. The van der Waals surface area contributed by atoms with Crippen LogP contribution in [0, 0.1) is 0 Å². The number of nitrogens with two attached hydrogens (primary N) is 1. The third kappa shape index (κ3) is 3.36. The van der Waals surface area contributed by atoms with Crippen LogP contribution in [0.4, 0.5) is 5.69 Å². The van der Waals surface area contributed by atoms with E-state index in [9.17, 15) is 0 Å². The minimum absolute atomic E-state index is 0.535. The monoisotopic (exact) mass is 298 g/mol. The minimum atomic E-state index is 0.535. The van der Waals surface area contributed by atoms with Crippen molar-refractivity contribution >= 4 is 21.6 Å². The highest BCUT2D eigenvalue weighted by Crippen LogP contribution is 2.27. The van der Waals surface area contributed by atoms with Crippen LogP contribution >= 0.6 is 15.9 Å². The molecule has 1 saturated heterocycles. The quantitative estimate of drug-likeness (QED) is 0.872. The van der Waals surface area contributed by atoms with E-state index in [4.69, 9.17) is 10.5 Å². The lowest BCUT2D eigenvalue weighted by Crippen LogP contribution is -2.40. The Bertz CT molecular complexity index is 384. The Hall–Kier alpha value is -0.740. The molecule has 0 aliphatic carbocycles. The van der Waals surface area contributed by atoms with Crippen LogP contribution < -0.4 is 10.5 Å².